The Morgan fingerprint density at radius 1 is 1.11 bits per heavy atom. The van der Waals surface area contributed by atoms with Crippen molar-refractivity contribution in [3.63, 3.8) is 0 Å². The molecule has 1 aliphatic heterocycles. The minimum atomic E-state index is -0.755. The minimum Gasteiger partial charge on any atom is -0.450 e. The van der Waals surface area contributed by atoms with Gasteiger partial charge in [-0.05, 0) is 29.8 Å². The molecule has 0 aromatic heterocycles. The lowest BCUT2D eigenvalue weighted by atomic mass is 10.2. The fourth-order valence-electron chi connectivity index (χ4n) is 2.22. The van der Waals surface area contributed by atoms with Gasteiger partial charge in [0.2, 0.25) is 5.75 Å². The maximum Gasteiger partial charge on any atom is 0.318 e. The molecule has 0 aliphatic carbocycles. The van der Waals surface area contributed by atoms with Gasteiger partial charge in [0.05, 0.1) is 20.8 Å². The number of nitrogens with one attached hydrogen (secondary N) is 1. The van der Waals surface area contributed by atoms with Crippen LogP contribution < -0.4 is 10.1 Å². The van der Waals surface area contributed by atoms with Gasteiger partial charge in [0, 0.05) is 6.07 Å². The average molecular weight is 403 g/mol. The number of carbonyl (C=O) groups is 1. The van der Waals surface area contributed by atoms with E-state index in [0.717, 1.165) is 23.9 Å². The van der Waals surface area contributed by atoms with Crippen LogP contribution in [-0.2, 0) is 4.79 Å². The second-order valence-corrected chi connectivity index (χ2v) is 6.91. The Balaban J connectivity index is 1.90. The van der Waals surface area contributed by atoms with Gasteiger partial charge in [0.1, 0.15) is 10.1 Å². The largest absolute Gasteiger partial charge is 0.450 e. The quantitative estimate of drug-likeness (QED) is 0.346. The number of benzene rings is 2. The monoisotopic (exact) mass is 403 g/mol. The number of hydrogen-bond acceptors (Lipinski definition) is 8. The molecule has 2 aromatic carbocycles. The van der Waals surface area contributed by atoms with Gasteiger partial charge < -0.3 is 10.1 Å². The highest BCUT2D eigenvalue weighted by atomic mass is 32.2. The molecule has 1 amide bonds. The number of rotatable bonds is 5. The number of nitrogens with zero attached hydrogens (tertiary/aromatic N) is 2. The van der Waals surface area contributed by atoms with Crippen molar-refractivity contribution in [1.29, 1.82) is 0 Å². The molecule has 2 aromatic rings. The first-order valence-electron chi connectivity index (χ1n) is 7.29. The second-order valence-electron chi connectivity index (χ2n) is 5.19. The van der Waals surface area contributed by atoms with Crippen LogP contribution in [0.3, 0.4) is 0 Å². The summed E-state index contributed by atoms with van der Waals surface area (Å²) >= 11 is 6.05. The maximum atomic E-state index is 11.7. The molecule has 1 fully saturated rings. The fraction of sp³-hybridized carbons (Fsp3) is 0. The Hall–Kier alpha value is -3.31. The van der Waals surface area contributed by atoms with Gasteiger partial charge in [-0.3, -0.25) is 25.0 Å². The zero-order valence-electron chi connectivity index (χ0n) is 13.3. The molecule has 1 N–H and O–H groups in total. The smallest absolute Gasteiger partial charge is 0.318 e. The van der Waals surface area contributed by atoms with Gasteiger partial charge in [0.25, 0.3) is 11.6 Å². The Bertz CT molecular complexity index is 1020. The van der Waals surface area contributed by atoms with E-state index in [4.69, 9.17) is 17.0 Å². The zero-order valence-corrected chi connectivity index (χ0v) is 14.9. The molecule has 3 rings (SSSR count). The van der Waals surface area contributed by atoms with Crippen LogP contribution in [0.4, 0.5) is 11.4 Å². The maximum absolute atomic E-state index is 11.7. The van der Waals surface area contributed by atoms with Crippen LogP contribution in [0.5, 0.6) is 11.5 Å². The number of ether oxygens (including phenoxy) is 1. The van der Waals surface area contributed by atoms with Crippen LogP contribution in [0.15, 0.2) is 47.4 Å². The van der Waals surface area contributed by atoms with Crippen molar-refractivity contribution in [3.8, 4) is 11.5 Å². The summed E-state index contributed by atoms with van der Waals surface area (Å²) in [6.07, 6.45) is 1.61. The van der Waals surface area contributed by atoms with E-state index >= 15 is 0 Å². The topological polar surface area (TPSA) is 125 Å². The predicted octanol–water partition coefficient (Wildman–Crippen LogP) is 3.78. The van der Waals surface area contributed by atoms with Crippen LogP contribution >= 0.6 is 24.0 Å². The van der Waals surface area contributed by atoms with Gasteiger partial charge in [0.15, 0.2) is 0 Å². The SMILES string of the molecule is O=C1NC(=S)SC1=Cc1cccc(Oc2ccc([N+](=O)[O-])cc2[N+](=O)[O-])c1. The first-order valence-corrected chi connectivity index (χ1v) is 8.51. The first kappa shape index (κ1) is 18.5. The van der Waals surface area contributed by atoms with Crippen molar-refractivity contribution in [2.75, 3.05) is 0 Å². The Labute approximate surface area is 161 Å². The van der Waals surface area contributed by atoms with E-state index in [2.05, 4.69) is 5.32 Å². The lowest BCUT2D eigenvalue weighted by Crippen LogP contribution is -2.17. The van der Waals surface area contributed by atoms with Gasteiger partial charge in [-0.25, -0.2) is 0 Å². The number of non-ortho nitro benzene ring substituents is 1. The van der Waals surface area contributed by atoms with E-state index in [1.165, 1.54) is 6.07 Å². The van der Waals surface area contributed by atoms with Crippen LogP contribution in [0.25, 0.3) is 6.08 Å². The zero-order chi connectivity index (χ0) is 19.6. The van der Waals surface area contributed by atoms with Crippen molar-refractivity contribution >= 4 is 51.7 Å². The van der Waals surface area contributed by atoms with Crippen molar-refractivity contribution in [2.24, 2.45) is 0 Å². The molecule has 136 valence electrons. The number of nitro benzene ring substituents is 2. The Kier molecular flexibility index (Phi) is 5.14. The molecule has 27 heavy (non-hydrogen) atoms. The molecule has 0 saturated carbocycles. The summed E-state index contributed by atoms with van der Waals surface area (Å²) in [7, 11) is 0. The van der Waals surface area contributed by atoms with E-state index in [0.29, 0.717) is 14.8 Å². The third-order valence-electron chi connectivity index (χ3n) is 3.38. The number of nitro groups is 2. The number of thioether (sulfide) groups is 1. The molecule has 0 unspecified atom stereocenters. The molecule has 9 nitrogen and oxygen atoms in total. The van der Waals surface area contributed by atoms with Crippen molar-refractivity contribution in [2.45, 2.75) is 0 Å². The predicted molar refractivity (Wildman–Crippen MR) is 103 cm³/mol. The average Bonchev–Trinajstić information content (AvgIpc) is 2.92. The molecule has 0 spiro atoms. The van der Waals surface area contributed by atoms with E-state index in [-0.39, 0.29) is 17.4 Å². The highest BCUT2D eigenvalue weighted by molar-refractivity contribution is 8.26. The summed E-state index contributed by atoms with van der Waals surface area (Å²) in [4.78, 5) is 32.6. The second kappa shape index (κ2) is 7.51. The van der Waals surface area contributed by atoms with E-state index < -0.39 is 21.2 Å². The van der Waals surface area contributed by atoms with E-state index in [1.54, 1.807) is 30.3 Å². The highest BCUT2D eigenvalue weighted by Gasteiger charge is 2.23. The Morgan fingerprint density at radius 3 is 2.52 bits per heavy atom. The summed E-state index contributed by atoms with van der Waals surface area (Å²) in [6, 6.07) is 9.64. The molecule has 1 saturated heterocycles. The van der Waals surface area contributed by atoms with E-state index in [1.807, 2.05) is 0 Å². The molecule has 0 radical (unpaired) electrons. The van der Waals surface area contributed by atoms with Gasteiger partial charge in [-0.2, -0.15) is 0 Å². The summed E-state index contributed by atoms with van der Waals surface area (Å²) in [5, 5.41) is 24.5. The first-order chi connectivity index (χ1) is 12.8. The molecule has 11 heteroatoms. The van der Waals surface area contributed by atoms with Gasteiger partial charge in [-0.1, -0.05) is 36.1 Å². The third-order valence-corrected chi connectivity index (χ3v) is 4.54. The highest BCUT2D eigenvalue weighted by Crippen LogP contribution is 2.35. The van der Waals surface area contributed by atoms with Crippen LogP contribution in [0.1, 0.15) is 5.56 Å². The van der Waals surface area contributed by atoms with Crippen LogP contribution in [0, 0.1) is 20.2 Å². The lowest BCUT2D eigenvalue weighted by Gasteiger charge is -2.07. The summed E-state index contributed by atoms with van der Waals surface area (Å²) in [6.45, 7) is 0. The summed E-state index contributed by atoms with van der Waals surface area (Å²) in [5.41, 5.74) is -0.309. The molecule has 0 atom stereocenters. The van der Waals surface area contributed by atoms with Crippen LogP contribution in [-0.4, -0.2) is 20.1 Å². The normalized spacial score (nSPS) is 14.9. The third kappa shape index (κ3) is 4.27. The number of amides is 1. The number of thiocarbonyl (C=S) groups is 1. The van der Waals surface area contributed by atoms with Gasteiger partial charge >= 0.3 is 5.69 Å². The molecule has 1 aliphatic rings. The number of hydrogen-bond donors (Lipinski definition) is 1. The fourth-order valence-corrected chi connectivity index (χ4v) is 3.26. The standard InChI is InChI=1S/C16H9N3O6S2/c20-15-14(27-16(26)17-15)7-9-2-1-3-11(6-9)25-13-5-4-10(18(21)22)8-12(13)19(23)24/h1-8H,(H,17,20,26). The van der Waals surface area contributed by atoms with E-state index in [9.17, 15) is 25.0 Å². The number of carbonyl (C=O) groups excluding carboxylic acids is 1. The Morgan fingerprint density at radius 2 is 1.89 bits per heavy atom. The van der Waals surface area contributed by atoms with Crippen molar-refractivity contribution < 1.29 is 19.4 Å². The summed E-state index contributed by atoms with van der Waals surface area (Å²) in [5.74, 6) is -0.167. The summed E-state index contributed by atoms with van der Waals surface area (Å²) < 4.78 is 5.89. The molecule has 1 heterocycles. The molecular formula is C16H9N3O6S2. The van der Waals surface area contributed by atoms with Crippen molar-refractivity contribution in [3.05, 3.63) is 73.2 Å². The van der Waals surface area contributed by atoms with Gasteiger partial charge in [-0.15, -0.1) is 0 Å². The molecular weight excluding hydrogens is 394 g/mol. The lowest BCUT2D eigenvalue weighted by molar-refractivity contribution is -0.394. The molecule has 0 bridgehead atoms. The van der Waals surface area contributed by atoms with Crippen LogP contribution in [0.2, 0.25) is 0 Å². The minimum absolute atomic E-state index is 0.135. The van der Waals surface area contributed by atoms with Crippen molar-refractivity contribution in [1.82, 2.24) is 5.32 Å².